The van der Waals surface area contributed by atoms with Crippen LogP contribution in [0.1, 0.15) is 37.0 Å². The molecule has 0 aliphatic heterocycles. The smallest absolute Gasteiger partial charge is 0.255 e. The lowest BCUT2D eigenvalue weighted by atomic mass is 9.64. The first kappa shape index (κ1) is 24.7. The molecule has 0 heterocycles. The number of benzene rings is 2. The number of halogens is 4. The monoisotopic (exact) mass is 483 g/mol. The Labute approximate surface area is 195 Å². The van der Waals surface area contributed by atoms with Crippen molar-refractivity contribution in [1.29, 1.82) is 0 Å². The molecular weight excluding hydrogens is 459 g/mol. The van der Waals surface area contributed by atoms with Gasteiger partial charge in [-0.15, -0.1) is 18.3 Å². The number of carbonyl (C=O) groups excluding carboxylic acids is 1. The van der Waals surface area contributed by atoms with Crippen LogP contribution < -0.4 is 5.32 Å². The maximum absolute atomic E-state index is 13.5. The summed E-state index contributed by atoms with van der Waals surface area (Å²) in [6, 6.07) is 6.28. The standard InChI is InChI=1S/C24H25ClF3NO2S/c1-4-8-31-13-16-10-15(5-2)24(16,3)32-21-9-14(6-7-18(21)25)23(30)29-17-11-19(26)22(28)20(27)12-17/h4,6-7,9,11-12,15-16H,1,5,8,10,13H2,2-3H3,(H,29,30). The van der Waals surface area contributed by atoms with Gasteiger partial charge in [0.1, 0.15) is 0 Å². The van der Waals surface area contributed by atoms with Crippen molar-refractivity contribution in [2.24, 2.45) is 11.8 Å². The van der Waals surface area contributed by atoms with Gasteiger partial charge in [-0.25, -0.2) is 13.2 Å². The minimum absolute atomic E-state index is 0.113. The fourth-order valence-corrected chi connectivity index (χ4v) is 5.86. The maximum Gasteiger partial charge on any atom is 0.255 e. The van der Waals surface area contributed by atoms with Crippen LogP contribution in [0.25, 0.3) is 0 Å². The Morgan fingerprint density at radius 1 is 1.28 bits per heavy atom. The molecule has 0 aromatic heterocycles. The van der Waals surface area contributed by atoms with Crippen LogP contribution in [-0.4, -0.2) is 23.9 Å². The number of rotatable bonds is 9. The van der Waals surface area contributed by atoms with E-state index in [1.807, 2.05) is 0 Å². The van der Waals surface area contributed by atoms with E-state index in [2.05, 4.69) is 25.7 Å². The number of thioether (sulfide) groups is 1. The summed E-state index contributed by atoms with van der Waals surface area (Å²) in [6.07, 6.45) is 3.79. The molecule has 3 nitrogen and oxygen atoms in total. The molecule has 0 spiro atoms. The summed E-state index contributed by atoms with van der Waals surface area (Å²) < 4.78 is 45.6. The van der Waals surface area contributed by atoms with Crippen LogP contribution in [0.2, 0.25) is 5.02 Å². The van der Waals surface area contributed by atoms with Gasteiger partial charge in [-0.2, -0.15) is 0 Å². The van der Waals surface area contributed by atoms with Crippen molar-refractivity contribution in [2.45, 2.75) is 36.3 Å². The molecular formula is C24H25ClF3NO2S. The van der Waals surface area contributed by atoms with Crippen molar-refractivity contribution < 1.29 is 22.7 Å². The van der Waals surface area contributed by atoms with Crippen molar-refractivity contribution >= 4 is 35.0 Å². The van der Waals surface area contributed by atoms with Crippen molar-refractivity contribution in [3.8, 4) is 0 Å². The second kappa shape index (κ2) is 10.3. The molecule has 1 aliphatic carbocycles. The van der Waals surface area contributed by atoms with E-state index in [0.29, 0.717) is 30.1 Å². The number of ether oxygens (including phenoxy) is 1. The summed E-state index contributed by atoms with van der Waals surface area (Å²) in [5.74, 6) is -4.11. The van der Waals surface area contributed by atoms with Crippen molar-refractivity contribution in [2.75, 3.05) is 18.5 Å². The van der Waals surface area contributed by atoms with Crippen molar-refractivity contribution in [3.05, 3.63) is 71.0 Å². The van der Waals surface area contributed by atoms with Gasteiger partial charge in [0, 0.05) is 33.0 Å². The van der Waals surface area contributed by atoms with Gasteiger partial charge in [-0.3, -0.25) is 4.79 Å². The molecule has 3 atom stereocenters. The van der Waals surface area contributed by atoms with Crippen LogP contribution in [0.4, 0.5) is 18.9 Å². The Morgan fingerprint density at radius 2 is 1.97 bits per heavy atom. The van der Waals surface area contributed by atoms with E-state index >= 15 is 0 Å². The van der Waals surface area contributed by atoms with Crippen LogP contribution in [0.15, 0.2) is 47.9 Å². The molecule has 1 saturated carbocycles. The van der Waals surface area contributed by atoms with E-state index in [-0.39, 0.29) is 16.0 Å². The van der Waals surface area contributed by atoms with Crippen LogP contribution >= 0.6 is 23.4 Å². The predicted molar refractivity (Wildman–Crippen MR) is 123 cm³/mol. The molecule has 3 rings (SSSR count). The number of anilines is 1. The first-order chi connectivity index (χ1) is 15.2. The average molecular weight is 484 g/mol. The van der Waals surface area contributed by atoms with Crippen LogP contribution in [-0.2, 0) is 4.74 Å². The van der Waals surface area contributed by atoms with E-state index in [9.17, 15) is 18.0 Å². The van der Waals surface area contributed by atoms with Gasteiger partial charge in [0.05, 0.1) is 18.2 Å². The molecule has 1 aliphatic rings. The zero-order valence-electron chi connectivity index (χ0n) is 17.9. The van der Waals surface area contributed by atoms with Crippen molar-refractivity contribution in [1.82, 2.24) is 0 Å². The number of amides is 1. The Balaban J connectivity index is 1.79. The quantitative estimate of drug-likeness (QED) is 0.234. The molecule has 8 heteroatoms. The Morgan fingerprint density at radius 3 is 2.59 bits per heavy atom. The van der Waals surface area contributed by atoms with E-state index < -0.39 is 23.4 Å². The predicted octanol–water partition coefficient (Wildman–Crippen LogP) is 7.11. The number of nitrogens with one attached hydrogen (secondary N) is 1. The highest BCUT2D eigenvalue weighted by molar-refractivity contribution is 8.00. The van der Waals surface area contributed by atoms with E-state index in [0.717, 1.165) is 29.9 Å². The van der Waals surface area contributed by atoms with E-state index in [1.54, 1.807) is 30.0 Å². The third kappa shape index (κ3) is 5.16. The summed E-state index contributed by atoms with van der Waals surface area (Å²) in [6.45, 7) is 9.12. The second-order valence-corrected chi connectivity index (χ2v) is 9.93. The van der Waals surface area contributed by atoms with Gasteiger partial charge in [-0.05, 0) is 43.4 Å². The van der Waals surface area contributed by atoms with Gasteiger partial charge >= 0.3 is 0 Å². The summed E-state index contributed by atoms with van der Waals surface area (Å²) in [7, 11) is 0. The van der Waals surface area contributed by atoms with Crippen LogP contribution in [0.3, 0.4) is 0 Å². The molecule has 1 fully saturated rings. The second-order valence-electron chi connectivity index (χ2n) is 8.00. The molecule has 172 valence electrons. The lowest BCUT2D eigenvalue weighted by molar-refractivity contribution is 0.0246. The van der Waals surface area contributed by atoms with Gasteiger partial charge in [0.2, 0.25) is 0 Å². The van der Waals surface area contributed by atoms with E-state index in [4.69, 9.17) is 16.3 Å². The topological polar surface area (TPSA) is 38.3 Å². The summed E-state index contributed by atoms with van der Waals surface area (Å²) in [5.41, 5.74) is 0.101. The first-order valence-corrected chi connectivity index (χ1v) is 11.5. The lowest BCUT2D eigenvalue weighted by Crippen LogP contribution is -2.52. The Bertz CT molecular complexity index is 996. The number of carbonyl (C=O) groups is 1. The first-order valence-electron chi connectivity index (χ1n) is 10.3. The highest BCUT2D eigenvalue weighted by Gasteiger charge is 2.51. The van der Waals surface area contributed by atoms with E-state index in [1.165, 1.54) is 6.07 Å². The van der Waals surface area contributed by atoms with Gasteiger partial charge in [-0.1, -0.05) is 31.0 Å². The SMILES string of the molecule is C=CCOCC1CC(CC)C1(C)Sc1cc(C(=O)Nc2cc(F)c(F)c(F)c2)ccc1Cl. The summed E-state index contributed by atoms with van der Waals surface area (Å²) >= 11 is 8.05. The minimum Gasteiger partial charge on any atom is -0.377 e. The molecule has 1 amide bonds. The van der Waals surface area contributed by atoms with Gasteiger partial charge in [0.25, 0.3) is 5.91 Å². The third-order valence-electron chi connectivity index (χ3n) is 6.00. The zero-order chi connectivity index (χ0) is 23.5. The fraction of sp³-hybridized carbons (Fsp3) is 0.375. The summed E-state index contributed by atoms with van der Waals surface area (Å²) in [5, 5.41) is 2.91. The number of hydrogen-bond donors (Lipinski definition) is 1. The molecule has 0 radical (unpaired) electrons. The van der Waals surface area contributed by atoms with Crippen LogP contribution in [0.5, 0.6) is 0 Å². The largest absolute Gasteiger partial charge is 0.377 e. The zero-order valence-corrected chi connectivity index (χ0v) is 19.5. The highest BCUT2D eigenvalue weighted by Crippen LogP contribution is 2.57. The highest BCUT2D eigenvalue weighted by atomic mass is 35.5. The van der Waals surface area contributed by atoms with Gasteiger partial charge < -0.3 is 10.1 Å². The fourth-order valence-electron chi connectivity index (χ4n) is 4.04. The summed E-state index contributed by atoms with van der Waals surface area (Å²) in [4.78, 5) is 13.4. The lowest BCUT2D eigenvalue weighted by Gasteiger charge is -2.53. The maximum atomic E-state index is 13.5. The molecule has 2 aromatic carbocycles. The molecule has 1 N–H and O–H groups in total. The third-order valence-corrected chi connectivity index (χ3v) is 8.11. The Kier molecular flexibility index (Phi) is 7.96. The average Bonchev–Trinajstić information content (AvgIpc) is 2.75. The molecule has 0 bridgehead atoms. The molecule has 2 aromatic rings. The normalized spacial score (nSPS) is 22.3. The Hall–Kier alpha value is -1.96. The minimum atomic E-state index is -1.58. The number of hydrogen-bond acceptors (Lipinski definition) is 3. The van der Waals surface area contributed by atoms with Crippen molar-refractivity contribution in [3.63, 3.8) is 0 Å². The van der Waals surface area contributed by atoms with Gasteiger partial charge in [0.15, 0.2) is 17.5 Å². The molecule has 3 unspecified atom stereocenters. The molecule has 32 heavy (non-hydrogen) atoms. The van der Waals surface area contributed by atoms with Crippen LogP contribution in [0, 0.1) is 29.3 Å². The molecule has 0 saturated heterocycles.